The van der Waals surface area contributed by atoms with E-state index in [0.717, 1.165) is 12.1 Å². The van der Waals surface area contributed by atoms with Crippen LogP contribution in [0.25, 0.3) is 6.08 Å². The third-order valence-corrected chi connectivity index (χ3v) is 3.30. The van der Waals surface area contributed by atoms with Crippen molar-refractivity contribution in [1.82, 2.24) is 0 Å². The molecule has 2 aromatic rings. The van der Waals surface area contributed by atoms with E-state index < -0.39 is 15.8 Å². The minimum atomic E-state index is -0.629. The molecule has 0 unspecified atom stereocenters. The molecule has 8 nitrogen and oxygen atoms in total. The Morgan fingerprint density at radius 1 is 1.08 bits per heavy atom. The Hall–Kier alpha value is -3.26. The molecule has 2 rings (SSSR count). The highest BCUT2D eigenvalue weighted by molar-refractivity contribution is 6.34. The second kappa shape index (κ2) is 7.34. The zero-order valence-corrected chi connectivity index (χ0v) is 12.8. The molecule has 24 heavy (non-hydrogen) atoms. The number of nitrogens with zero attached hydrogens (tertiary/aromatic N) is 2. The average Bonchev–Trinajstić information content (AvgIpc) is 2.55. The van der Waals surface area contributed by atoms with Gasteiger partial charge in [0.05, 0.1) is 26.1 Å². The van der Waals surface area contributed by atoms with E-state index in [4.69, 9.17) is 11.6 Å². The van der Waals surface area contributed by atoms with Crippen LogP contribution in [0.1, 0.15) is 5.56 Å². The number of hydrogen-bond acceptors (Lipinski definition) is 5. The van der Waals surface area contributed by atoms with Crippen LogP contribution in [0.5, 0.6) is 0 Å². The molecule has 0 radical (unpaired) electrons. The van der Waals surface area contributed by atoms with Gasteiger partial charge in [-0.15, -0.1) is 0 Å². The molecule has 9 heteroatoms. The number of carbonyl (C=O) groups excluding carboxylic acids is 1. The van der Waals surface area contributed by atoms with Crippen molar-refractivity contribution in [3.8, 4) is 0 Å². The molecular weight excluding hydrogens is 338 g/mol. The summed E-state index contributed by atoms with van der Waals surface area (Å²) in [5, 5.41) is 24.2. The van der Waals surface area contributed by atoms with E-state index in [-0.39, 0.29) is 27.6 Å². The molecule has 1 amide bonds. The predicted octanol–water partition coefficient (Wildman–Crippen LogP) is 3.81. The maximum absolute atomic E-state index is 11.9. The van der Waals surface area contributed by atoms with Crippen LogP contribution in [0.2, 0.25) is 5.02 Å². The van der Waals surface area contributed by atoms with E-state index in [9.17, 15) is 25.0 Å². The van der Waals surface area contributed by atoms with Gasteiger partial charge in [-0.25, -0.2) is 0 Å². The third-order valence-electron chi connectivity index (χ3n) is 2.97. The minimum Gasteiger partial charge on any atom is -0.321 e. The van der Waals surface area contributed by atoms with Crippen LogP contribution in [-0.4, -0.2) is 15.8 Å². The molecule has 0 heterocycles. The number of para-hydroxylation sites is 1. The quantitative estimate of drug-likeness (QED) is 0.501. The smallest absolute Gasteiger partial charge is 0.276 e. The number of benzene rings is 2. The SMILES string of the molecule is O=C(C=Cc1ccccc1[N+](=O)[O-])Nc1cc([N+](=O)[O-])ccc1Cl. The lowest BCUT2D eigenvalue weighted by Crippen LogP contribution is -2.08. The second-order valence-electron chi connectivity index (χ2n) is 4.56. The van der Waals surface area contributed by atoms with Crippen LogP contribution in [-0.2, 0) is 4.79 Å². The summed E-state index contributed by atoms with van der Waals surface area (Å²) >= 11 is 5.88. The first-order chi connectivity index (χ1) is 11.4. The molecule has 0 fully saturated rings. The number of anilines is 1. The van der Waals surface area contributed by atoms with E-state index in [0.29, 0.717) is 0 Å². The summed E-state index contributed by atoms with van der Waals surface area (Å²) in [5.41, 5.74) is -0.0434. The zero-order valence-electron chi connectivity index (χ0n) is 12.0. The Bertz CT molecular complexity index is 851. The topological polar surface area (TPSA) is 115 Å². The summed E-state index contributed by atoms with van der Waals surface area (Å²) in [7, 11) is 0. The maximum atomic E-state index is 11.9. The van der Waals surface area contributed by atoms with E-state index in [1.165, 1.54) is 36.4 Å². The predicted molar refractivity (Wildman–Crippen MR) is 88.9 cm³/mol. The van der Waals surface area contributed by atoms with Gasteiger partial charge in [-0.1, -0.05) is 23.7 Å². The molecule has 0 bridgehead atoms. The third kappa shape index (κ3) is 4.14. The standard InChI is InChI=1S/C15H10ClN3O5/c16-12-7-6-11(18(21)22)9-13(12)17-15(20)8-5-10-3-1-2-4-14(10)19(23)24/h1-9H,(H,17,20). The van der Waals surface area contributed by atoms with Gasteiger partial charge in [-0.2, -0.15) is 0 Å². The number of non-ortho nitro benzene ring substituents is 1. The highest BCUT2D eigenvalue weighted by atomic mass is 35.5. The van der Waals surface area contributed by atoms with Crippen LogP contribution in [0.15, 0.2) is 48.5 Å². The van der Waals surface area contributed by atoms with Crippen LogP contribution in [0, 0.1) is 20.2 Å². The van der Waals surface area contributed by atoms with Gasteiger partial charge in [-0.05, 0) is 18.2 Å². The van der Waals surface area contributed by atoms with Gasteiger partial charge in [0.25, 0.3) is 11.4 Å². The van der Waals surface area contributed by atoms with Crippen LogP contribution < -0.4 is 5.32 Å². The highest BCUT2D eigenvalue weighted by Gasteiger charge is 2.12. The van der Waals surface area contributed by atoms with E-state index in [1.807, 2.05) is 0 Å². The lowest BCUT2D eigenvalue weighted by Gasteiger charge is -2.04. The molecule has 0 aliphatic rings. The summed E-state index contributed by atoms with van der Waals surface area (Å²) in [6.45, 7) is 0. The fraction of sp³-hybridized carbons (Fsp3) is 0. The van der Waals surface area contributed by atoms with Crippen molar-refractivity contribution in [3.05, 3.63) is 79.4 Å². The van der Waals surface area contributed by atoms with Crippen molar-refractivity contribution < 1.29 is 14.6 Å². The van der Waals surface area contributed by atoms with Crippen molar-refractivity contribution in [2.24, 2.45) is 0 Å². The van der Waals surface area contributed by atoms with Crippen molar-refractivity contribution in [2.45, 2.75) is 0 Å². The number of nitro benzene ring substituents is 2. The van der Waals surface area contributed by atoms with Crippen molar-refractivity contribution in [1.29, 1.82) is 0 Å². The molecule has 0 aliphatic heterocycles. The van der Waals surface area contributed by atoms with Crippen molar-refractivity contribution in [3.63, 3.8) is 0 Å². The summed E-state index contributed by atoms with van der Waals surface area (Å²) in [5.74, 6) is -0.629. The Morgan fingerprint density at radius 2 is 1.79 bits per heavy atom. The highest BCUT2D eigenvalue weighted by Crippen LogP contribution is 2.26. The molecule has 1 N–H and O–H groups in total. The van der Waals surface area contributed by atoms with Crippen LogP contribution >= 0.6 is 11.6 Å². The lowest BCUT2D eigenvalue weighted by molar-refractivity contribution is -0.385. The Morgan fingerprint density at radius 3 is 2.46 bits per heavy atom. The fourth-order valence-electron chi connectivity index (χ4n) is 1.86. The maximum Gasteiger partial charge on any atom is 0.276 e. The van der Waals surface area contributed by atoms with Crippen molar-refractivity contribution >= 4 is 40.6 Å². The van der Waals surface area contributed by atoms with E-state index >= 15 is 0 Å². The molecule has 2 aromatic carbocycles. The van der Waals surface area contributed by atoms with Gasteiger partial charge in [0, 0.05) is 24.3 Å². The fourth-order valence-corrected chi connectivity index (χ4v) is 2.02. The number of nitro groups is 2. The zero-order chi connectivity index (χ0) is 17.7. The molecule has 0 spiro atoms. The molecule has 0 atom stereocenters. The molecule has 122 valence electrons. The van der Waals surface area contributed by atoms with Gasteiger partial charge in [0.15, 0.2) is 0 Å². The molecule has 0 saturated heterocycles. The first-order valence-electron chi connectivity index (χ1n) is 6.55. The lowest BCUT2D eigenvalue weighted by atomic mass is 10.1. The number of hydrogen-bond donors (Lipinski definition) is 1. The first-order valence-corrected chi connectivity index (χ1v) is 6.92. The minimum absolute atomic E-state index is 0.0723. The molecule has 0 aromatic heterocycles. The Balaban J connectivity index is 2.19. The summed E-state index contributed by atoms with van der Waals surface area (Å²) in [6.07, 6.45) is 2.36. The normalized spacial score (nSPS) is 10.5. The van der Waals surface area contributed by atoms with E-state index in [2.05, 4.69) is 5.32 Å². The molecular formula is C15H10ClN3O5. The van der Waals surface area contributed by atoms with E-state index in [1.54, 1.807) is 6.07 Å². The number of rotatable bonds is 5. The Kier molecular flexibility index (Phi) is 5.23. The largest absolute Gasteiger partial charge is 0.321 e. The van der Waals surface area contributed by atoms with Crippen LogP contribution in [0.4, 0.5) is 17.1 Å². The van der Waals surface area contributed by atoms with Gasteiger partial charge < -0.3 is 5.32 Å². The first kappa shape index (κ1) is 17.1. The second-order valence-corrected chi connectivity index (χ2v) is 4.97. The van der Waals surface area contributed by atoms with Gasteiger partial charge >= 0.3 is 0 Å². The average molecular weight is 348 g/mol. The van der Waals surface area contributed by atoms with Gasteiger partial charge in [0.1, 0.15) is 0 Å². The number of carbonyl (C=O) groups is 1. The van der Waals surface area contributed by atoms with Crippen LogP contribution in [0.3, 0.4) is 0 Å². The number of nitrogens with one attached hydrogen (secondary N) is 1. The number of amides is 1. The van der Waals surface area contributed by atoms with Gasteiger partial charge in [-0.3, -0.25) is 25.0 Å². The number of halogens is 1. The summed E-state index contributed by atoms with van der Waals surface area (Å²) < 4.78 is 0. The molecule has 0 saturated carbocycles. The monoisotopic (exact) mass is 347 g/mol. The Labute approximate surface area is 140 Å². The van der Waals surface area contributed by atoms with Gasteiger partial charge in [0.2, 0.25) is 5.91 Å². The molecule has 0 aliphatic carbocycles. The summed E-state index contributed by atoms with van der Waals surface area (Å²) in [6, 6.07) is 9.54. The summed E-state index contributed by atoms with van der Waals surface area (Å²) in [4.78, 5) is 32.4. The van der Waals surface area contributed by atoms with Crippen molar-refractivity contribution in [2.75, 3.05) is 5.32 Å².